The number of pyridine rings is 1. The molecule has 0 aliphatic heterocycles. The Balaban J connectivity index is 0.000000396. The molecule has 0 atom stereocenters. The van der Waals surface area contributed by atoms with Gasteiger partial charge in [-0.05, 0) is 24.3 Å². The number of benzene rings is 2. The van der Waals surface area contributed by atoms with Crippen molar-refractivity contribution in [2.45, 2.75) is 0 Å². The molecule has 3 nitrogen and oxygen atoms in total. The Kier molecular flexibility index (Phi) is 6.28. The Bertz CT molecular complexity index is 974. The Morgan fingerprint density at radius 2 is 1.27 bits per heavy atom. The average Bonchev–Trinajstić information content (AvgIpc) is 2.65. The summed E-state index contributed by atoms with van der Waals surface area (Å²) in [7, 11) is -6.59. The van der Waals surface area contributed by atoms with Crippen LogP contribution in [0.4, 0.5) is 36.6 Å². The van der Waals surface area contributed by atoms with Gasteiger partial charge in [0.15, 0.2) is 12.4 Å². The van der Waals surface area contributed by atoms with E-state index < -0.39 is 7.81 Å². The number of para-hydroxylation sites is 1. The van der Waals surface area contributed by atoms with Gasteiger partial charge < -0.3 is 4.90 Å². The molecule has 0 saturated heterocycles. The van der Waals surface area contributed by atoms with Crippen LogP contribution in [0.25, 0.3) is 5.69 Å². The van der Waals surface area contributed by atoms with E-state index in [9.17, 15) is 25.2 Å². The molecule has 1 heterocycles. The van der Waals surface area contributed by atoms with Gasteiger partial charge in [0.25, 0.3) is 0 Å². The van der Waals surface area contributed by atoms with Crippen LogP contribution in [-0.2, 0) is 0 Å². The van der Waals surface area contributed by atoms with E-state index in [0.29, 0.717) is 0 Å². The third-order valence-electron chi connectivity index (χ3n) is 3.64. The van der Waals surface area contributed by atoms with Crippen LogP contribution in [0.5, 0.6) is 0 Å². The van der Waals surface area contributed by atoms with Crippen LogP contribution in [0.1, 0.15) is 5.56 Å². The zero-order valence-corrected chi connectivity index (χ0v) is 17.0. The average molecular weight is 447 g/mol. The molecular formula is C20H20F6N3P. The van der Waals surface area contributed by atoms with E-state index in [1.165, 1.54) is 5.69 Å². The summed E-state index contributed by atoms with van der Waals surface area (Å²) in [6.07, 6.45) is 5.98. The third-order valence-corrected chi connectivity index (χ3v) is 3.64. The van der Waals surface area contributed by atoms with Crippen LogP contribution in [0.3, 0.4) is 0 Å². The number of aliphatic imine (C=N–C) groups is 1. The van der Waals surface area contributed by atoms with E-state index in [0.717, 1.165) is 16.9 Å². The maximum absolute atomic E-state index is 10.7. The van der Waals surface area contributed by atoms with Crippen LogP contribution in [0.15, 0.2) is 84.1 Å². The fourth-order valence-corrected chi connectivity index (χ4v) is 2.28. The summed E-state index contributed by atoms with van der Waals surface area (Å²) in [6, 6.07) is 22.6. The minimum atomic E-state index is -10.7. The standard InChI is InChI=1S/C20H20N3.F6P/c1-22(2)19-10-8-18(9-11-19)21-16-17-12-14-23(15-13-17)20-6-4-3-5-7-20;1-7(2,3,4,5)6/h3-16H,1-2H3;/q+1;-1. The van der Waals surface area contributed by atoms with Crippen molar-refractivity contribution >= 4 is 25.4 Å². The van der Waals surface area contributed by atoms with Crippen LogP contribution in [0, 0.1) is 0 Å². The number of hydrogen-bond donors (Lipinski definition) is 0. The van der Waals surface area contributed by atoms with Crippen molar-refractivity contribution in [3.05, 3.63) is 84.7 Å². The van der Waals surface area contributed by atoms with Crippen molar-refractivity contribution in [3.63, 3.8) is 0 Å². The van der Waals surface area contributed by atoms with Gasteiger partial charge in [0, 0.05) is 55.8 Å². The molecule has 2 aromatic carbocycles. The summed E-state index contributed by atoms with van der Waals surface area (Å²) < 4.78 is 61.3. The van der Waals surface area contributed by atoms with Gasteiger partial charge in [-0.2, -0.15) is 4.57 Å². The molecule has 10 heteroatoms. The second-order valence-corrected chi connectivity index (χ2v) is 8.42. The van der Waals surface area contributed by atoms with E-state index >= 15 is 0 Å². The SMILES string of the molecule is CN(C)c1ccc(N=Cc2cc[n+](-c3ccccc3)cc2)cc1.F[P-](F)(F)(F)(F)F. The van der Waals surface area contributed by atoms with Gasteiger partial charge in [0.05, 0.1) is 5.69 Å². The second-order valence-electron chi connectivity index (χ2n) is 6.50. The van der Waals surface area contributed by atoms with E-state index in [2.05, 4.69) is 50.9 Å². The summed E-state index contributed by atoms with van der Waals surface area (Å²) >= 11 is 0. The fraction of sp³-hybridized carbons (Fsp3) is 0.100. The Hall–Kier alpha value is -2.93. The molecule has 1 aromatic heterocycles. The molecule has 0 amide bonds. The molecule has 0 aliphatic rings. The summed E-state index contributed by atoms with van der Waals surface area (Å²) in [5.41, 5.74) is 4.35. The Labute approximate surface area is 170 Å². The molecule has 0 bridgehead atoms. The van der Waals surface area contributed by atoms with Gasteiger partial charge in [-0.1, -0.05) is 18.2 Å². The van der Waals surface area contributed by atoms with E-state index in [4.69, 9.17) is 0 Å². The molecule has 3 aromatic rings. The fourth-order valence-electron chi connectivity index (χ4n) is 2.28. The van der Waals surface area contributed by atoms with Crippen molar-refractivity contribution < 1.29 is 29.7 Å². The molecule has 0 N–H and O–H groups in total. The quantitative estimate of drug-likeness (QED) is 0.180. The van der Waals surface area contributed by atoms with Crippen molar-refractivity contribution in [3.8, 4) is 5.69 Å². The first-order chi connectivity index (χ1) is 13.7. The first-order valence-corrected chi connectivity index (χ1v) is 10.6. The second kappa shape index (κ2) is 8.07. The molecule has 30 heavy (non-hydrogen) atoms. The molecule has 0 saturated carbocycles. The molecule has 0 radical (unpaired) electrons. The Morgan fingerprint density at radius 3 is 1.73 bits per heavy atom. The van der Waals surface area contributed by atoms with Crippen molar-refractivity contribution in [1.82, 2.24) is 0 Å². The van der Waals surface area contributed by atoms with Gasteiger partial charge in [0.1, 0.15) is 0 Å². The summed E-state index contributed by atoms with van der Waals surface area (Å²) in [5, 5.41) is 0. The zero-order valence-electron chi connectivity index (χ0n) is 16.1. The van der Waals surface area contributed by atoms with Crippen LogP contribution in [-0.4, -0.2) is 20.3 Å². The van der Waals surface area contributed by atoms with E-state index in [1.807, 2.05) is 63.0 Å². The first-order valence-electron chi connectivity index (χ1n) is 8.62. The molecule has 0 aliphatic carbocycles. The molecular weight excluding hydrogens is 427 g/mol. The van der Waals surface area contributed by atoms with Crippen molar-refractivity contribution in [2.75, 3.05) is 19.0 Å². The predicted octanol–water partition coefficient (Wildman–Crippen LogP) is 7.16. The van der Waals surface area contributed by atoms with Gasteiger partial charge >= 0.3 is 33.0 Å². The molecule has 3 rings (SSSR count). The number of rotatable bonds is 4. The number of anilines is 1. The van der Waals surface area contributed by atoms with Crippen LogP contribution in [0.2, 0.25) is 0 Å². The first kappa shape index (κ1) is 23.3. The van der Waals surface area contributed by atoms with Crippen LogP contribution < -0.4 is 9.47 Å². The Morgan fingerprint density at radius 1 is 0.767 bits per heavy atom. The monoisotopic (exact) mass is 447 g/mol. The van der Waals surface area contributed by atoms with E-state index in [-0.39, 0.29) is 0 Å². The van der Waals surface area contributed by atoms with Crippen LogP contribution >= 0.6 is 7.81 Å². The van der Waals surface area contributed by atoms with Crippen molar-refractivity contribution in [1.29, 1.82) is 0 Å². The molecule has 0 unspecified atom stereocenters. The number of hydrogen-bond acceptors (Lipinski definition) is 2. The third kappa shape index (κ3) is 10.0. The molecule has 162 valence electrons. The topological polar surface area (TPSA) is 19.5 Å². The number of halogens is 6. The summed E-state index contributed by atoms with van der Waals surface area (Å²) in [6.45, 7) is 0. The normalized spacial score (nSPS) is 13.7. The minimum absolute atomic E-state index is 0.954. The van der Waals surface area contributed by atoms with Gasteiger partial charge in [-0.25, -0.2) is 0 Å². The number of aromatic nitrogens is 1. The van der Waals surface area contributed by atoms with E-state index in [1.54, 1.807) is 0 Å². The zero-order chi connectivity index (χ0) is 22.5. The molecule has 0 fully saturated rings. The van der Waals surface area contributed by atoms with Gasteiger partial charge in [0.2, 0.25) is 5.69 Å². The van der Waals surface area contributed by atoms with Gasteiger partial charge in [-0.3, -0.25) is 4.99 Å². The van der Waals surface area contributed by atoms with Crippen molar-refractivity contribution in [2.24, 2.45) is 4.99 Å². The number of nitrogens with zero attached hydrogens (tertiary/aromatic N) is 3. The summed E-state index contributed by atoms with van der Waals surface area (Å²) in [5.74, 6) is 0. The maximum atomic E-state index is 9.87. The predicted molar refractivity (Wildman–Crippen MR) is 110 cm³/mol. The van der Waals surface area contributed by atoms with Gasteiger partial charge in [-0.15, -0.1) is 0 Å². The molecule has 0 spiro atoms. The summed E-state index contributed by atoms with van der Waals surface area (Å²) in [4.78, 5) is 6.60.